The Bertz CT molecular complexity index is 284. The van der Waals surface area contributed by atoms with Crippen molar-refractivity contribution in [3.8, 4) is 0 Å². The van der Waals surface area contributed by atoms with Gasteiger partial charge in [-0.15, -0.1) is 0 Å². The Morgan fingerprint density at radius 2 is 1.90 bits per heavy atom. The molecule has 0 aromatic heterocycles. The van der Waals surface area contributed by atoms with E-state index < -0.39 is 0 Å². The molecular formula is C16H28O4. The number of esters is 1. The first kappa shape index (κ1) is 18.8. The predicted octanol–water partition coefficient (Wildman–Crippen LogP) is 3.46. The highest BCUT2D eigenvalue weighted by atomic mass is 16.5. The van der Waals surface area contributed by atoms with Gasteiger partial charge in [-0.3, -0.25) is 9.59 Å². The lowest BCUT2D eigenvalue weighted by Gasteiger charge is -2.04. The number of hydrogen-bond donors (Lipinski definition) is 0. The monoisotopic (exact) mass is 284 g/mol. The van der Waals surface area contributed by atoms with Gasteiger partial charge in [0.05, 0.1) is 13.0 Å². The van der Waals surface area contributed by atoms with Crippen molar-refractivity contribution >= 4 is 18.0 Å². The van der Waals surface area contributed by atoms with E-state index in [1.165, 1.54) is 12.8 Å². The van der Waals surface area contributed by atoms with Gasteiger partial charge in [0.2, 0.25) is 0 Å². The highest BCUT2D eigenvalue weighted by Crippen LogP contribution is 2.20. The van der Waals surface area contributed by atoms with Crippen LogP contribution in [0.1, 0.15) is 71.6 Å². The van der Waals surface area contributed by atoms with Crippen LogP contribution >= 0.6 is 0 Å². The predicted molar refractivity (Wildman–Crippen MR) is 78.4 cm³/mol. The average molecular weight is 284 g/mol. The molecule has 0 bridgehead atoms. The van der Waals surface area contributed by atoms with Gasteiger partial charge >= 0.3 is 5.97 Å². The number of unbranched alkanes of at least 4 members (excludes halogenated alkanes) is 2. The fourth-order valence-electron chi connectivity index (χ4n) is 1.85. The van der Waals surface area contributed by atoms with Crippen LogP contribution in [0.5, 0.6) is 0 Å². The number of rotatable bonds is 9. The third-order valence-corrected chi connectivity index (χ3v) is 3.28. The number of cyclic esters (lactones) is 1. The second kappa shape index (κ2) is 12.8. The van der Waals surface area contributed by atoms with Crippen molar-refractivity contribution in [2.45, 2.75) is 71.6 Å². The SMILES string of the molecule is CCCC.O=CCCCC(=O)CCCC1COC(=O)C1. The highest BCUT2D eigenvalue weighted by Gasteiger charge is 2.23. The third-order valence-electron chi connectivity index (χ3n) is 3.28. The molecule has 1 heterocycles. The van der Waals surface area contributed by atoms with Crippen molar-refractivity contribution in [3.05, 3.63) is 0 Å². The molecule has 4 nitrogen and oxygen atoms in total. The molecule has 1 saturated heterocycles. The van der Waals surface area contributed by atoms with E-state index >= 15 is 0 Å². The maximum atomic E-state index is 11.3. The maximum absolute atomic E-state index is 11.3. The summed E-state index contributed by atoms with van der Waals surface area (Å²) in [6.45, 7) is 4.87. The first-order valence-corrected chi connectivity index (χ1v) is 7.74. The molecule has 0 aromatic carbocycles. The van der Waals surface area contributed by atoms with Crippen LogP contribution in [0.15, 0.2) is 0 Å². The average Bonchev–Trinajstić information content (AvgIpc) is 2.85. The molecule has 0 aliphatic carbocycles. The number of ketones is 1. The van der Waals surface area contributed by atoms with Crippen LogP contribution in [0, 0.1) is 5.92 Å². The van der Waals surface area contributed by atoms with Crippen molar-refractivity contribution in [3.63, 3.8) is 0 Å². The second-order valence-corrected chi connectivity index (χ2v) is 5.24. The van der Waals surface area contributed by atoms with Gasteiger partial charge in [0, 0.05) is 25.2 Å². The Morgan fingerprint density at radius 1 is 1.25 bits per heavy atom. The van der Waals surface area contributed by atoms with Gasteiger partial charge in [0.15, 0.2) is 0 Å². The summed E-state index contributed by atoms with van der Waals surface area (Å²) in [6.07, 6.45) is 7.87. The minimum Gasteiger partial charge on any atom is -0.465 e. The molecule has 0 N–H and O–H groups in total. The van der Waals surface area contributed by atoms with Gasteiger partial charge in [-0.2, -0.15) is 0 Å². The Kier molecular flexibility index (Phi) is 12.1. The zero-order valence-corrected chi connectivity index (χ0v) is 12.9. The van der Waals surface area contributed by atoms with Crippen LogP contribution < -0.4 is 0 Å². The van der Waals surface area contributed by atoms with E-state index in [0.29, 0.717) is 44.6 Å². The molecular weight excluding hydrogens is 256 g/mol. The van der Waals surface area contributed by atoms with Gasteiger partial charge in [-0.1, -0.05) is 26.7 Å². The Balaban J connectivity index is 0.000000796. The Morgan fingerprint density at radius 3 is 2.40 bits per heavy atom. The number of carbonyl (C=O) groups is 3. The zero-order chi connectivity index (χ0) is 15.2. The van der Waals surface area contributed by atoms with E-state index in [-0.39, 0.29) is 11.8 Å². The quantitative estimate of drug-likeness (QED) is 0.369. The topological polar surface area (TPSA) is 60.4 Å². The van der Waals surface area contributed by atoms with Crippen LogP contribution in [0.25, 0.3) is 0 Å². The molecule has 0 radical (unpaired) electrons. The number of aldehydes is 1. The third kappa shape index (κ3) is 10.7. The minimum atomic E-state index is -0.123. The van der Waals surface area contributed by atoms with E-state index in [1.807, 2.05) is 0 Å². The lowest BCUT2D eigenvalue weighted by molar-refractivity contribution is -0.138. The maximum Gasteiger partial charge on any atom is 0.306 e. The smallest absolute Gasteiger partial charge is 0.306 e. The number of hydrogen-bond acceptors (Lipinski definition) is 4. The number of carbonyl (C=O) groups excluding carboxylic acids is 3. The molecule has 0 saturated carbocycles. The molecule has 1 atom stereocenters. The molecule has 0 aromatic rings. The molecule has 1 unspecified atom stereocenters. The van der Waals surface area contributed by atoms with E-state index in [2.05, 4.69) is 13.8 Å². The van der Waals surface area contributed by atoms with E-state index in [1.54, 1.807) is 0 Å². The summed E-state index contributed by atoms with van der Waals surface area (Å²) in [7, 11) is 0. The fourth-order valence-corrected chi connectivity index (χ4v) is 1.85. The van der Waals surface area contributed by atoms with Crippen LogP contribution in [-0.4, -0.2) is 24.6 Å². The first-order chi connectivity index (χ1) is 9.63. The van der Waals surface area contributed by atoms with Gasteiger partial charge in [0.1, 0.15) is 12.1 Å². The van der Waals surface area contributed by atoms with Gasteiger partial charge in [-0.05, 0) is 19.3 Å². The van der Waals surface area contributed by atoms with Gasteiger partial charge in [-0.25, -0.2) is 0 Å². The number of Topliss-reactive ketones (excluding diaryl/α,β-unsaturated/α-hetero) is 1. The summed E-state index contributed by atoms with van der Waals surface area (Å²) in [5.74, 6) is 0.393. The standard InChI is InChI=1S/C12H18O4.C4H10/c13-7-2-1-5-11(14)6-3-4-10-8-12(15)16-9-10;1-3-4-2/h7,10H,1-6,8-9H2;3-4H2,1-2H3. The van der Waals surface area contributed by atoms with Crippen LogP contribution in [0.3, 0.4) is 0 Å². The van der Waals surface area contributed by atoms with Gasteiger partial charge < -0.3 is 9.53 Å². The molecule has 0 amide bonds. The molecule has 1 aliphatic rings. The van der Waals surface area contributed by atoms with Crippen LogP contribution in [0.2, 0.25) is 0 Å². The van der Waals surface area contributed by atoms with Crippen molar-refractivity contribution in [2.75, 3.05) is 6.61 Å². The molecule has 116 valence electrons. The van der Waals surface area contributed by atoms with Gasteiger partial charge in [0.25, 0.3) is 0 Å². The molecule has 1 rings (SSSR count). The molecule has 4 heteroatoms. The van der Waals surface area contributed by atoms with Crippen molar-refractivity contribution in [1.82, 2.24) is 0 Å². The Hall–Kier alpha value is -1.19. The summed E-state index contributed by atoms with van der Waals surface area (Å²) in [5, 5.41) is 0. The van der Waals surface area contributed by atoms with E-state index in [4.69, 9.17) is 4.74 Å². The van der Waals surface area contributed by atoms with Crippen molar-refractivity contribution in [1.29, 1.82) is 0 Å². The van der Waals surface area contributed by atoms with Crippen molar-refractivity contribution < 1.29 is 19.1 Å². The normalized spacial score (nSPS) is 17.1. The minimum absolute atomic E-state index is 0.123. The van der Waals surface area contributed by atoms with Crippen LogP contribution in [0.4, 0.5) is 0 Å². The molecule has 1 fully saturated rings. The Labute approximate surface area is 122 Å². The summed E-state index contributed by atoms with van der Waals surface area (Å²) < 4.78 is 4.84. The van der Waals surface area contributed by atoms with E-state index in [0.717, 1.165) is 19.1 Å². The highest BCUT2D eigenvalue weighted by molar-refractivity contribution is 5.78. The first-order valence-electron chi connectivity index (χ1n) is 7.74. The van der Waals surface area contributed by atoms with E-state index in [9.17, 15) is 14.4 Å². The lowest BCUT2D eigenvalue weighted by atomic mass is 9.99. The second-order valence-electron chi connectivity index (χ2n) is 5.24. The summed E-state index contributed by atoms with van der Waals surface area (Å²) in [5.41, 5.74) is 0. The van der Waals surface area contributed by atoms with Crippen LogP contribution in [-0.2, 0) is 19.1 Å². The molecule has 20 heavy (non-hydrogen) atoms. The summed E-state index contributed by atoms with van der Waals surface area (Å²) in [4.78, 5) is 32.2. The summed E-state index contributed by atoms with van der Waals surface area (Å²) >= 11 is 0. The summed E-state index contributed by atoms with van der Waals surface area (Å²) in [6, 6.07) is 0. The molecule has 0 spiro atoms. The van der Waals surface area contributed by atoms with Crippen molar-refractivity contribution in [2.24, 2.45) is 5.92 Å². The zero-order valence-electron chi connectivity index (χ0n) is 12.9. The number of ether oxygens (including phenoxy) is 1. The fraction of sp³-hybridized carbons (Fsp3) is 0.812. The lowest BCUT2D eigenvalue weighted by Crippen LogP contribution is -2.03. The molecule has 1 aliphatic heterocycles. The largest absolute Gasteiger partial charge is 0.465 e.